The van der Waals surface area contributed by atoms with Gasteiger partial charge in [0.25, 0.3) is 0 Å². The number of methoxy groups -OCH3 is 2. The summed E-state index contributed by atoms with van der Waals surface area (Å²) in [6, 6.07) is 11.6. The van der Waals surface area contributed by atoms with Gasteiger partial charge >= 0.3 is 11.9 Å². The van der Waals surface area contributed by atoms with Crippen LogP contribution in [0.3, 0.4) is 0 Å². The number of aromatic hydroxyl groups is 1. The quantitative estimate of drug-likeness (QED) is 0.219. The highest BCUT2D eigenvalue weighted by Crippen LogP contribution is 2.38. The van der Waals surface area contributed by atoms with Gasteiger partial charge in [0.05, 0.1) is 20.8 Å². The van der Waals surface area contributed by atoms with Gasteiger partial charge in [-0.2, -0.15) is 0 Å². The van der Waals surface area contributed by atoms with Crippen LogP contribution in [0.2, 0.25) is 0 Å². The number of aryl methyl sites for hydroxylation is 2. The lowest BCUT2D eigenvalue weighted by Crippen LogP contribution is -2.02. The van der Waals surface area contributed by atoms with Crippen LogP contribution in [0, 0.1) is 0 Å². The van der Waals surface area contributed by atoms with Gasteiger partial charge in [-0.1, -0.05) is 44.7 Å². The molecule has 6 nitrogen and oxygen atoms in total. The summed E-state index contributed by atoms with van der Waals surface area (Å²) in [5.74, 6) is 0.476. The first kappa shape index (κ1) is 28.2. The minimum Gasteiger partial charge on any atom is -0.507 e. The number of phenols is 1. The normalized spacial score (nSPS) is 10.7. The Kier molecular flexibility index (Phi) is 12.7. The number of hydrogen-bond acceptors (Lipinski definition) is 6. The molecule has 1 N–H and O–H groups in total. The van der Waals surface area contributed by atoms with Crippen LogP contribution in [-0.2, 0) is 31.9 Å². The SMILES string of the molecule is CCCCCCCOc1ccc(CCCC(=O)OC)cc1-c1cc(CCCC(=O)OC)ccc1O. The monoisotopic (exact) mass is 484 g/mol. The van der Waals surface area contributed by atoms with Crippen LogP contribution in [-0.4, -0.2) is 37.9 Å². The second-order valence-electron chi connectivity index (χ2n) is 8.80. The molecule has 2 rings (SSSR count). The summed E-state index contributed by atoms with van der Waals surface area (Å²) in [6.45, 7) is 2.82. The molecule has 0 aliphatic heterocycles. The number of hydrogen-bond donors (Lipinski definition) is 1. The van der Waals surface area contributed by atoms with E-state index in [0.717, 1.165) is 41.7 Å². The molecule has 2 aromatic carbocycles. The van der Waals surface area contributed by atoms with Gasteiger partial charge in [-0.3, -0.25) is 9.59 Å². The van der Waals surface area contributed by atoms with Crippen LogP contribution in [0.25, 0.3) is 11.1 Å². The van der Waals surface area contributed by atoms with Gasteiger partial charge in [0.1, 0.15) is 11.5 Å². The molecule has 0 aromatic heterocycles. The number of rotatable bonds is 16. The number of ether oxygens (including phenoxy) is 3. The van der Waals surface area contributed by atoms with E-state index in [2.05, 4.69) is 6.92 Å². The first-order valence-corrected chi connectivity index (χ1v) is 12.7. The lowest BCUT2D eigenvalue weighted by atomic mass is 9.96. The minimum absolute atomic E-state index is 0.182. The van der Waals surface area contributed by atoms with Crippen molar-refractivity contribution < 1.29 is 28.9 Å². The molecule has 0 radical (unpaired) electrons. The predicted octanol–water partition coefficient (Wildman–Crippen LogP) is 6.40. The molecule has 0 saturated carbocycles. The summed E-state index contributed by atoms with van der Waals surface area (Å²) >= 11 is 0. The maximum absolute atomic E-state index is 11.5. The van der Waals surface area contributed by atoms with E-state index in [1.807, 2.05) is 30.3 Å². The highest BCUT2D eigenvalue weighted by atomic mass is 16.5. The van der Waals surface area contributed by atoms with Gasteiger partial charge in [0.2, 0.25) is 0 Å². The Balaban J connectivity index is 2.22. The highest BCUT2D eigenvalue weighted by Gasteiger charge is 2.14. The summed E-state index contributed by atoms with van der Waals surface area (Å²) in [4.78, 5) is 22.9. The molecule has 0 spiro atoms. The third-order valence-electron chi connectivity index (χ3n) is 6.05. The van der Waals surface area contributed by atoms with Gasteiger partial charge in [-0.25, -0.2) is 0 Å². The van der Waals surface area contributed by atoms with E-state index in [1.54, 1.807) is 6.07 Å². The van der Waals surface area contributed by atoms with Crippen molar-refractivity contribution in [2.75, 3.05) is 20.8 Å². The first-order valence-electron chi connectivity index (χ1n) is 12.7. The molecular formula is C29H40O6. The van der Waals surface area contributed by atoms with E-state index in [1.165, 1.54) is 33.5 Å². The van der Waals surface area contributed by atoms with E-state index in [4.69, 9.17) is 14.2 Å². The molecule has 35 heavy (non-hydrogen) atoms. The maximum Gasteiger partial charge on any atom is 0.305 e. The summed E-state index contributed by atoms with van der Waals surface area (Å²) in [7, 11) is 2.79. The van der Waals surface area contributed by atoms with Crippen LogP contribution in [0.15, 0.2) is 36.4 Å². The fraction of sp³-hybridized carbons (Fsp3) is 0.517. The number of carbonyl (C=O) groups excluding carboxylic acids is 2. The third-order valence-corrected chi connectivity index (χ3v) is 6.05. The Morgan fingerprint density at radius 2 is 1.31 bits per heavy atom. The van der Waals surface area contributed by atoms with E-state index < -0.39 is 0 Å². The van der Waals surface area contributed by atoms with E-state index >= 15 is 0 Å². The summed E-state index contributed by atoms with van der Waals surface area (Å²) in [5, 5.41) is 10.7. The number of esters is 2. The summed E-state index contributed by atoms with van der Waals surface area (Å²) < 4.78 is 15.6. The molecule has 0 unspecified atom stereocenters. The fourth-order valence-corrected chi connectivity index (χ4v) is 3.99. The molecule has 0 saturated heterocycles. The zero-order valence-electron chi connectivity index (χ0n) is 21.4. The topological polar surface area (TPSA) is 82.1 Å². The standard InChI is InChI=1S/C29H40O6/c1-4-5-6-7-8-19-35-27-18-16-23(12-10-14-29(32)34-3)21-25(27)24-20-22(15-17-26(24)30)11-9-13-28(31)33-2/h15-18,20-21,30H,4-14,19H2,1-3H3. The van der Waals surface area contributed by atoms with E-state index in [-0.39, 0.29) is 17.7 Å². The Labute approximate surface area is 209 Å². The van der Waals surface area contributed by atoms with Crippen molar-refractivity contribution in [1.82, 2.24) is 0 Å². The molecule has 6 heteroatoms. The van der Waals surface area contributed by atoms with E-state index in [9.17, 15) is 14.7 Å². The fourth-order valence-electron chi connectivity index (χ4n) is 3.99. The van der Waals surface area contributed by atoms with Crippen LogP contribution < -0.4 is 4.74 Å². The van der Waals surface area contributed by atoms with Gasteiger partial charge in [0.15, 0.2) is 0 Å². The van der Waals surface area contributed by atoms with Crippen molar-refractivity contribution in [2.24, 2.45) is 0 Å². The molecule has 0 fully saturated rings. The smallest absolute Gasteiger partial charge is 0.305 e. The van der Waals surface area contributed by atoms with Crippen molar-refractivity contribution >= 4 is 11.9 Å². The Morgan fingerprint density at radius 1 is 0.743 bits per heavy atom. The van der Waals surface area contributed by atoms with E-state index in [0.29, 0.717) is 44.3 Å². The molecule has 0 amide bonds. The van der Waals surface area contributed by atoms with Gasteiger partial charge in [-0.05, 0) is 67.5 Å². The predicted molar refractivity (Wildman–Crippen MR) is 138 cm³/mol. The molecule has 0 aliphatic carbocycles. The first-order chi connectivity index (χ1) is 17.0. The van der Waals surface area contributed by atoms with Gasteiger partial charge in [0, 0.05) is 24.0 Å². The van der Waals surface area contributed by atoms with Crippen molar-refractivity contribution in [3.05, 3.63) is 47.5 Å². The largest absolute Gasteiger partial charge is 0.507 e. The molecule has 192 valence electrons. The molecule has 0 heterocycles. The van der Waals surface area contributed by atoms with Crippen LogP contribution >= 0.6 is 0 Å². The van der Waals surface area contributed by atoms with Crippen LogP contribution in [0.4, 0.5) is 0 Å². The molecule has 0 aliphatic rings. The van der Waals surface area contributed by atoms with Crippen molar-refractivity contribution in [3.8, 4) is 22.6 Å². The Morgan fingerprint density at radius 3 is 1.91 bits per heavy atom. The molecular weight excluding hydrogens is 444 g/mol. The van der Waals surface area contributed by atoms with Crippen molar-refractivity contribution in [3.63, 3.8) is 0 Å². The second-order valence-corrected chi connectivity index (χ2v) is 8.80. The number of carbonyl (C=O) groups is 2. The third kappa shape index (κ3) is 10.0. The van der Waals surface area contributed by atoms with Crippen LogP contribution in [0.1, 0.15) is 75.8 Å². The molecule has 0 atom stereocenters. The Hall–Kier alpha value is -3.02. The molecule has 0 bridgehead atoms. The zero-order valence-corrected chi connectivity index (χ0v) is 21.4. The summed E-state index contributed by atoms with van der Waals surface area (Å²) in [6.07, 6.45) is 9.27. The lowest BCUT2D eigenvalue weighted by molar-refractivity contribution is -0.141. The maximum atomic E-state index is 11.5. The number of unbranched alkanes of at least 4 members (excludes halogenated alkanes) is 4. The molecule has 2 aromatic rings. The minimum atomic E-state index is -0.224. The zero-order chi connectivity index (χ0) is 25.5. The highest BCUT2D eigenvalue weighted by molar-refractivity contribution is 5.77. The van der Waals surface area contributed by atoms with Crippen LogP contribution in [0.5, 0.6) is 11.5 Å². The number of benzene rings is 2. The second kappa shape index (κ2) is 15.8. The van der Waals surface area contributed by atoms with Crippen molar-refractivity contribution in [2.45, 2.75) is 77.6 Å². The Bertz CT molecular complexity index is 937. The van der Waals surface area contributed by atoms with Gasteiger partial charge in [-0.15, -0.1) is 0 Å². The number of phenolic OH excluding ortho intramolecular Hbond substituents is 1. The average molecular weight is 485 g/mol. The van der Waals surface area contributed by atoms with Crippen molar-refractivity contribution in [1.29, 1.82) is 0 Å². The van der Waals surface area contributed by atoms with Gasteiger partial charge < -0.3 is 19.3 Å². The lowest BCUT2D eigenvalue weighted by Gasteiger charge is -2.16. The average Bonchev–Trinajstić information content (AvgIpc) is 2.87. The summed E-state index contributed by atoms with van der Waals surface area (Å²) in [5.41, 5.74) is 3.64.